The molecule has 0 spiro atoms. The van der Waals surface area contributed by atoms with Crippen LogP contribution < -0.4 is 16.0 Å². The molecule has 0 saturated heterocycles. The number of aliphatic imine (C=N–C) groups is 1. The van der Waals surface area contributed by atoms with Gasteiger partial charge in [0.05, 0.1) is 12.1 Å². The molecule has 0 saturated carbocycles. The van der Waals surface area contributed by atoms with E-state index in [1.807, 2.05) is 31.2 Å². The number of hydrogen-bond acceptors (Lipinski definition) is 3. The lowest BCUT2D eigenvalue weighted by atomic mass is 9.93. The fraction of sp³-hybridized carbons (Fsp3) is 0.619. The number of nitrogens with one attached hydrogen (secondary N) is 3. The third-order valence-electron chi connectivity index (χ3n) is 4.29. The van der Waals surface area contributed by atoms with Crippen molar-refractivity contribution in [1.82, 2.24) is 10.6 Å². The van der Waals surface area contributed by atoms with E-state index in [1.165, 1.54) is 12.5 Å². The number of carbonyl (C=O) groups is 1. The zero-order valence-corrected chi connectivity index (χ0v) is 17.3. The van der Waals surface area contributed by atoms with Crippen LogP contribution in [0.25, 0.3) is 0 Å². The Balaban J connectivity index is 2.57. The lowest BCUT2D eigenvalue weighted by molar-refractivity contribution is -0.114. The molecule has 0 aliphatic heterocycles. The Morgan fingerprint density at radius 2 is 1.70 bits per heavy atom. The summed E-state index contributed by atoms with van der Waals surface area (Å²) >= 11 is 0. The van der Waals surface area contributed by atoms with Gasteiger partial charge in [-0.15, -0.1) is 0 Å². The third kappa shape index (κ3) is 9.43. The number of anilines is 1. The van der Waals surface area contributed by atoms with E-state index in [2.05, 4.69) is 34.8 Å². The van der Waals surface area contributed by atoms with E-state index >= 15 is 0 Å². The van der Waals surface area contributed by atoms with Gasteiger partial charge >= 0.3 is 0 Å². The van der Waals surface area contributed by atoms with Gasteiger partial charge in [-0.3, -0.25) is 9.79 Å². The molecule has 0 aliphatic rings. The highest BCUT2D eigenvalue weighted by atomic mass is 16.3. The van der Waals surface area contributed by atoms with E-state index in [9.17, 15) is 9.90 Å². The molecule has 27 heavy (non-hydrogen) atoms. The second-order valence-corrected chi connectivity index (χ2v) is 6.97. The van der Waals surface area contributed by atoms with Gasteiger partial charge in [0, 0.05) is 25.7 Å². The van der Waals surface area contributed by atoms with Crippen LogP contribution in [0.4, 0.5) is 5.69 Å². The summed E-state index contributed by atoms with van der Waals surface area (Å²) in [5, 5.41) is 20.1. The zero-order valence-electron chi connectivity index (χ0n) is 17.3. The van der Waals surface area contributed by atoms with Gasteiger partial charge in [-0.2, -0.15) is 0 Å². The number of aliphatic hydroxyl groups is 1. The van der Waals surface area contributed by atoms with E-state index < -0.39 is 5.60 Å². The van der Waals surface area contributed by atoms with Crippen molar-refractivity contribution in [2.45, 2.75) is 65.4 Å². The maximum absolute atomic E-state index is 11.1. The van der Waals surface area contributed by atoms with E-state index in [4.69, 9.17) is 0 Å². The summed E-state index contributed by atoms with van der Waals surface area (Å²) < 4.78 is 0. The molecule has 1 aromatic carbocycles. The molecule has 152 valence electrons. The van der Waals surface area contributed by atoms with Crippen LogP contribution in [0.2, 0.25) is 0 Å². The Morgan fingerprint density at radius 3 is 2.22 bits per heavy atom. The monoisotopic (exact) mass is 376 g/mol. The minimum atomic E-state index is -0.717. The topological polar surface area (TPSA) is 85.8 Å². The molecule has 0 aromatic heterocycles. The van der Waals surface area contributed by atoms with Crippen molar-refractivity contribution in [3.8, 4) is 0 Å². The smallest absolute Gasteiger partial charge is 0.221 e. The standard InChI is InChI=1S/C21H36N4O2/c1-5-13-21(27,14-6-2)16-24-20(22-7-3)23-15-12-18-8-10-19(11-9-18)25-17(4)26/h8-11,27H,5-7,12-16H2,1-4H3,(H,25,26)(H2,22,23,24). The summed E-state index contributed by atoms with van der Waals surface area (Å²) in [6, 6.07) is 7.84. The molecule has 0 radical (unpaired) electrons. The fourth-order valence-electron chi connectivity index (χ4n) is 3.07. The quantitative estimate of drug-likeness (QED) is 0.353. The lowest BCUT2D eigenvalue weighted by Gasteiger charge is -2.26. The molecule has 1 aromatic rings. The molecule has 0 fully saturated rings. The Bertz CT molecular complexity index is 578. The van der Waals surface area contributed by atoms with E-state index in [-0.39, 0.29) is 5.91 Å². The number of guanidine groups is 1. The average Bonchev–Trinajstić information content (AvgIpc) is 2.61. The summed E-state index contributed by atoms with van der Waals surface area (Å²) in [6.45, 7) is 9.64. The Labute approximate surface area is 163 Å². The maximum Gasteiger partial charge on any atom is 0.221 e. The second kappa shape index (κ2) is 12.3. The highest BCUT2D eigenvalue weighted by molar-refractivity contribution is 5.88. The summed E-state index contributed by atoms with van der Waals surface area (Å²) in [5.41, 5.74) is 1.27. The lowest BCUT2D eigenvalue weighted by Crippen LogP contribution is -2.40. The second-order valence-electron chi connectivity index (χ2n) is 6.97. The van der Waals surface area contributed by atoms with E-state index in [0.29, 0.717) is 6.54 Å². The van der Waals surface area contributed by atoms with Crippen LogP contribution in [-0.4, -0.2) is 42.2 Å². The Morgan fingerprint density at radius 1 is 1.07 bits per heavy atom. The predicted octanol–water partition coefficient (Wildman–Crippen LogP) is 3.07. The number of hydrogen-bond donors (Lipinski definition) is 4. The summed E-state index contributed by atoms with van der Waals surface area (Å²) in [4.78, 5) is 15.7. The first-order valence-corrected chi connectivity index (χ1v) is 10.0. The normalized spacial score (nSPS) is 12.0. The fourth-order valence-corrected chi connectivity index (χ4v) is 3.07. The van der Waals surface area contributed by atoms with Gasteiger partial charge in [0.25, 0.3) is 0 Å². The first-order chi connectivity index (χ1) is 12.9. The van der Waals surface area contributed by atoms with Gasteiger partial charge in [-0.1, -0.05) is 38.8 Å². The Hall–Kier alpha value is -2.08. The number of rotatable bonds is 11. The number of amides is 1. The van der Waals surface area contributed by atoms with Crippen LogP contribution in [0.3, 0.4) is 0 Å². The summed E-state index contributed by atoms with van der Waals surface area (Å²) in [5.74, 6) is 0.667. The summed E-state index contributed by atoms with van der Waals surface area (Å²) in [7, 11) is 0. The third-order valence-corrected chi connectivity index (χ3v) is 4.29. The molecule has 0 heterocycles. The number of nitrogens with zero attached hydrogens (tertiary/aromatic N) is 1. The molecule has 6 nitrogen and oxygen atoms in total. The predicted molar refractivity (Wildman–Crippen MR) is 113 cm³/mol. The van der Waals surface area contributed by atoms with Crippen molar-refractivity contribution in [3.63, 3.8) is 0 Å². The van der Waals surface area contributed by atoms with Gasteiger partial charge in [0.2, 0.25) is 5.91 Å². The minimum Gasteiger partial charge on any atom is -0.388 e. The number of carbonyl (C=O) groups excluding carboxylic acids is 1. The van der Waals surface area contributed by atoms with E-state index in [0.717, 1.165) is 56.8 Å². The van der Waals surface area contributed by atoms with Gasteiger partial charge in [-0.05, 0) is 43.9 Å². The zero-order chi connectivity index (χ0) is 20.1. The van der Waals surface area contributed by atoms with Crippen LogP contribution in [0.5, 0.6) is 0 Å². The molecule has 0 bridgehead atoms. The molecule has 4 N–H and O–H groups in total. The van der Waals surface area contributed by atoms with Gasteiger partial charge in [0.1, 0.15) is 0 Å². The minimum absolute atomic E-state index is 0.0676. The van der Waals surface area contributed by atoms with Crippen molar-refractivity contribution in [2.24, 2.45) is 4.99 Å². The molecule has 0 unspecified atom stereocenters. The molecule has 0 atom stereocenters. The van der Waals surface area contributed by atoms with Crippen LogP contribution in [0.15, 0.2) is 29.3 Å². The molecule has 0 aliphatic carbocycles. The van der Waals surface area contributed by atoms with Gasteiger partial charge in [-0.25, -0.2) is 0 Å². The largest absolute Gasteiger partial charge is 0.388 e. The van der Waals surface area contributed by atoms with Crippen molar-refractivity contribution < 1.29 is 9.90 Å². The SMILES string of the molecule is CCCC(O)(CCC)CN=C(NCC)NCCc1ccc(NC(C)=O)cc1. The highest BCUT2D eigenvalue weighted by Crippen LogP contribution is 2.19. The van der Waals surface area contributed by atoms with Crippen molar-refractivity contribution in [3.05, 3.63) is 29.8 Å². The molecule has 6 heteroatoms. The maximum atomic E-state index is 11.1. The highest BCUT2D eigenvalue weighted by Gasteiger charge is 2.24. The first kappa shape index (κ1) is 23.0. The van der Waals surface area contributed by atoms with Gasteiger partial charge in [0.15, 0.2) is 5.96 Å². The van der Waals surface area contributed by atoms with E-state index in [1.54, 1.807) is 0 Å². The average molecular weight is 377 g/mol. The van der Waals surface area contributed by atoms with Crippen molar-refractivity contribution >= 4 is 17.6 Å². The van der Waals surface area contributed by atoms with Gasteiger partial charge < -0.3 is 21.1 Å². The number of benzene rings is 1. The van der Waals surface area contributed by atoms with Crippen LogP contribution in [-0.2, 0) is 11.2 Å². The molecular formula is C21H36N4O2. The first-order valence-electron chi connectivity index (χ1n) is 10.0. The summed E-state index contributed by atoms with van der Waals surface area (Å²) in [6.07, 6.45) is 4.28. The Kier molecular flexibility index (Phi) is 10.5. The van der Waals surface area contributed by atoms with Crippen molar-refractivity contribution in [1.29, 1.82) is 0 Å². The van der Waals surface area contributed by atoms with Crippen LogP contribution in [0.1, 0.15) is 58.9 Å². The van der Waals surface area contributed by atoms with Crippen molar-refractivity contribution in [2.75, 3.05) is 25.0 Å². The molecule has 1 rings (SSSR count). The molecule has 1 amide bonds. The molecular weight excluding hydrogens is 340 g/mol. The van der Waals surface area contributed by atoms with Crippen LogP contribution >= 0.6 is 0 Å². The van der Waals surface area contributed by atoms with Crippen LogP contribution in [0, 0.1) is 0 Å².